The Morgan fingerprint density at radius 2 is 1.80 bits per heavy atom. The molecule has 1 aromatic heterocycles. The zero-order chi connectivity index (χ0) is 10.7. The predicted octanol–water partition coefficient (Wildman–Crippen LogP) is 1.47. The van der Waals surface area contributed by atoms with E-state index in [9.17, 15) is 0 Å². The molecule has 0 aliphatic carbocycles. The topological polar surface area (TPSA) is 43.8 Å². The summed E-state index contributed by atoms with van der Waals surface area (Å²) in [6, 6.07) is 10.4. The summed E-state index contributed by atoms with van der Waals surface area (Å²) < 4.78 is 1.90. The van der Waals surface area contributed by atoms with E-state index in [1.54, 1.807) is 0 Å². The molecular formula is C12H15N3. The zero-order valence-corrected chi connectivity index (χ0v) is 8.85. The van der Waals surface area contributed by atoms with Crippen LogP contribution in [-0.2, 0) is 20.0 Å². The summed E-state index contributed by atoms with van der Waals surface area (Å²) in [5, 5.41) is 4.14. The van der Waals surface area contributed by atoms with E-state index in [1.165, 1.54) is 16.8 Å². The lowest BCUT2D eigenvalue weighted by atomic mass is 10.1. The molecule has 0 aliphatic rings. The fraction of sp³-hybridized carbons (Fsp3) is 0.250. The lowest BCUT2D eigenvalue weighted by molar-refractivity contribution is 0.724. The van der Waals surface area contributed by atoms with E-state index in [4.69, 9.17) is 5.73 Å². The molecule has 0 radical (unpaired) electrons. The molecule has 0 aliphatic heterocycles. The van der Waals surface area contributed by atoms with Gasteiger partial charge in [0.1, 0.15) is 0 Å². The number of benzene rings is 1. The molecule has 1 aromatic carbocycles. The van der Waals surface area contributed by atoms with Crippen molar-refractivity contribution < 1.29 is 0 Å². The van der Waals surface area contributed by atoms with Gasteiger partial charge in [0, 0.05) is 31.9 Å². The number of hydrogen-bond donors (Lipinski definition) is 1. The van der Waals surface area contributed by atoms with Crippen LogP contribution in [0.25, 0.3) is 0 Å². The summed E-state index contributed by atoms with van der Waals surface area (Å²) in [5.74, 6) is 0. The van der Waals surface area contributed by atoms with E-state index in [1.807, 2.05) is 24.0 Å². The second-order valence-corrected chi connectivity index (χ2v) is 3.64. The summed E-state index contributed by atoms with van der Waals surface area (Å²) in [6.45, 7) is 0.603. The first-order valence-electron chi connectivity index (χ1n) is 5.04. The SMILES string of the molecule is Cn1nccc1Cc1ccc(CN)cc1. The van der Waals surface area contributed by atoms with E-state index in [0.29, 0.717) is 6.54 Å². The minimum atomic E-state index is 0.603. The van der Waals surface area contributed by atoms with Crippen molar-refractivity contribution >= 4 is 0 Å². The minimum Gasteiger partial charge on any atom is -0.326 e. The molecule has 2 aromatic rings. The summed E-state index contributed by atoms with van der Waals surface area (Å²) in [5.41, 5.74) is 9.22. The summed E-state index contributed by atoms with van der Waals surface area (Å²) in [4.78, 5) is 0. The molecule has 0 amide bonds. The highest BCUT2D eigenvalue weighted by molar-refractivity contribution is 5.25. The fourth-order valence-corrected chi connectivity index (χ4v) is 1.58. The molecule has 0 spiro atoms. The molecular weight excluding hydrogens is 186 g/mol. The fourth-order valence-electron chi connectivity index (χ4n) is 1.58. The van der Waals surface area contributed by atoms with Crippen molar-refractivity contribution in [2.24, 2.45) is 12.8 Å². The maximum atomic E-state index is 5.55. The Morgan fingerprint density at radius 3 is 2.33 bits per heavy atom. The average Bonchev–Trinajstić information content (AvgIpc) is 2.66. The van der Waals surface area contributed by atoms with Crippen LogP contribution in [0, 0.1) is 0 Å². The van der Waals surface area contributed by atoms with Crippen LogP contribution in [0.3, 0.4) is 0 Å². The molecule has 3 heteroatoms. The lowest BCUT2D eigenvalue weighted by Gasteiger charge is -2.03. The summed E-state index contributed by atoms with van der Waals surface area (Å²) >= 11 is 0. The molecule has 1 heterocycles. The Labute approximate surface area is 89.5 Å². The molecule has 0 saturated heterocycles. The van der Waals surface area contributed by atoms with Gasteiger partial charge in [0.15, 0.2) is 0 Å². The standard InChI is InChI=1S/C12H15N3/c1-15-12(6-7-14-15)8-10-2-4-11(9-13)5-3-10/h2-7H,8-9,13H2,1H3. The minimum absolute atomic E-state index is 0.603. The van der Waals surface area contributed by atoms with Gasteiger partial charge in [-0.05, 0) is 17.2 Å². The molecule has 78 valence electrons. The van der Waals surface area contributed by atoms with Gasteiger partial charge in [0.25, 0.3) is 0 Å². The maximum absolute atomic E-state index is 5.55. The number of aromatic nitrogens is 2. The normalized spacial score (nSPS) is 10.5. The summed E-state index contributed by atoms with van der Waals surface area (Å²) in [6.07, 6.45) is 2.74. The zero-order valence-electron chi connectivity index (χ0n) is 8.85. The third-order valence-electron chi connectivity index (χ3n) is 2.57. The van der Waals surface area contributed by atoms with Gasteiger partial charge in [-0.25, -0.2) is 0 Å². The Morgan fingerprint density at radius 1 is 1.13 bits per heavy atom. The van der Waals surface area contributed by atoms with Crippen LogP contribution in [0.4, 0.5) is 0 Å². The van der Waals surface area contributed by atoms with E-state index < -0.39 is 0 Å². The van der Waals surface area contributed by atoms with E-state index in [-0.39, 0.29) is 0 Å². The number of aryl methyl sites for hydroxylation is 1. The number of nitrogens with two attached hydrogens (primary N) is 1. The Hall–Kier alpha value is -1.61. The van der Waals surface area contributed by atoms with Gasteiger partial charge in [0.05, 0.1) is 0 Å². The first-order chi connectivity index (χ1) is 7.29. The van der Waals surface area contributed by atoms with Crippen LogP contribution in [0.2, 0.25) is 0 Å². The Kier molecular flexibility index (Phi) is 2.83. The van der Waals surface area contributed by atoms with Crippen molar-refractivity contribution in [2.45, 2.75) is 13.0 Å². The summed E-state index contributed by atoms with van der Waals surface area (Å²) in [7, 11) is 1.96. The van der Waals surface area contributed by atoms with Crippen molar-refractivity contribution in [1.82, 2.24) is 9.78 Å². The molecule has 0 unspecified atom stereocenters. The van der Waals surface area contributed by atoms with Crippen molar-refractivity contribution in [3.63, 3.8) is 0 Å². The van der Waals surface area contributed by atoms with E-state index in [2.05, 4.69) is 29.4 Å². The smallest absolute Gasteiger partial charge is 0.0492 e. The predicted molar refractivity (Wildman–Crippen MR) is 60.3 cm³/mol. The van der Waals surface area contributed by atoms with Crippen LogP contribution >= 0.6 is 0 Å². The number of nitrogens with zero attached hydrogens (tertiary/aromatic N) is 2. The maximum Gasteiger partial charge on any atom is 0.0492 e. The Balaban J connectivity index is 2.14. The first kappa shape index (κ1) is 9.93. The largest absolute Gasteiger partial charge is 0.326 e. The Bertz CT molecular complexity index is 428. The third-order valence-corrected chi connectivity index (χ3v) is 2.57. The van der Waals surface area contributed by atoms with Gasteiger partial charge < -0.3 is 5.73 Å². The number of hydrogen-bond acceptors (Lipinski definition) is 2. The highest BCUT2D eigenvalue weighted by atomic mass is 15.2. The molecule has 3 nitrogen and oxygen atoms in total. The molecule has 0 bridgehead atoms. The molecule has 2 N–H and O–H groups in total. The van der Waals surface area contributed by atoms with Gasteiger partial charge in [-0.1, -0.05) is 24.3 Å². The van der Waals surface area contributed by atoms with Crippen LogP contribution in [-0.4, -0.2) is 9.78 Å². The molecule has 0 atom stereocenters. The highest BCUT2D eigenvalue weighted by Gasteiger charge is 2.00. The third kappa shape index (κ3) is 2.25. The van der Waals surface area contributed by atoms with Crippen molar-refractivity contribution in [3.8, 4) is 0 Å². The van der Waals surface area contributed by atoms with Crippen molar-refractivity contribution in [2.75, 3.05) is 0 Å². The second kappa shape index (κ2) is 4.28. The van der Waals surface area contributed by atoms with E-state index in [0.717, 1.165) is 6.42 Å². The van der Waals surface area contributed by atoms with Crippen LogP contribution < -0.4 is 5.73 Å². The second-order valence-electron chi connectivity index (χ2n) is 3.64. The van der Waals surface area contributed by atoms with Crippen molar-refractivity contribution in [1.29, 1.82) is 0 Å². The monoisotopic (exact) mass is 201 g/mol. The van der Waals surface area contributed by atoms with Gasteiger partial charge in [0.2, 0.25) is 0 Å². The van der Waals surface area contributed by atoms with Crippen LogP contribution in [0.15, 0.2) is 36.5 Å². The molecule has 0 saturated carbocycles. The molecule has 2 rings (SSSR count). The van der Waals surface area contributed by atoms with Gasteiger partial charge >= 0.3 is 0 Å². The van der Waals surface area contributed by atoms with Crippen LogP contribution in [0.5, 0.6) is 0 Å². The number of rotatable bonds is 3. The highest BCUT2D eigenvalue weighted by Crippen LogP contribution is 2.09. The van der Waals surface area contributed by atoms with Crippen LogP contribution in [0.1, 0.15) is 16.8 Å². The average molecular weight is 201 g/mol. The van der Waals surface area contributed by atoms with Gasteiger partial charge in [-0.3, -0.25) is 4.68 Å². The van der Waals surface area contributed by atoms with E-state index >= 15 is 0 Å². The lowest BCUT2D eigenvalue weighted by Crippen LogP contribution is -2.00. The van der Waals surface area contributed by atoms with Gasteiger partial charge in [-0.15, -0.1) is 0 Å². The van der Waals surface area contributed by atoms with Gasteiger partial charge in [-0.2, -0.15) is 5.10 Å². The molecule has 15 heavy (non-hydrogen) atoms. The first-order valence-corrected chi connectivity index (χ1v) is 5.04. The quantitative estimate of drug-likeness (QED) is 0.817. The molecule has 0 fully saturated rings. The van der Waals surface area contributed by atoms with Crippen molar-refractivity contribution in [3.05, 3.63) is 53.3 Å².